The fourth-order valence-electron chi connectivity index (χ4n) is 5.61. The summed E-state index contributed by atoms with van der Waals surface area (Å²) in [4.78, 5) is 40.6. The average molecular weight is 570 g/mol. The van der Waals surface area contributed by atoms with Crippen molar-refractivity contribution >= 4 is 23.2 Å². The second-order valence-corrected chi connectivity index (χ2v) is 11.6. The molecule has 2 amide bonds. The molecule has 2 atom stereocenters. The molecule has 0 spiro atoms. The van der Waals surface area contributed by atoms with E-state index in [2.05, 4.69) is 61.4 Å². The Labute approximate surface area is 249 Å². The molecule has 4 heterocycles. The number of nitrogens with zero attached hydrogens (tertiary/aromatic N) is 5. The lowest BCUT2D eigenvalue weighted by molar-refractivity contribution is 0.101. The van der Waals surface area contributed by atoms with Gasteiger partial charge in [0.15, 0.2) is 0 Å². The summed E-state index contributed by atoms with van der Waals surface area (Å²) in [5.74, 6) is -0.690. The van der Waals surface area contributed by atoms with Gasteiger partial charge < -0.3 is 20.4 Å². The molecule has 8 bridgehead atoms. The molecule has 0 radical (unpaired) electrons. The van der Waals surface area contributed by atoms with Crippen LogP contribution in [0, 0.1) is 0 Å². The molecule has 1 saturated heterocycles. The number of anilines is 2. The molecule has 0 aliphatic carbocycles. The molecule has 9 nitrogen and oxygen atoms in total. The van der Waals surface area contributed by atoms with Crippen LogP contribution in [0.3, 0.4) is 0 Å². The van der Waals surface area contributed by atoms with E-state index in [1.807, 2.05) is 36.4 Å². The lowest BCUT2D eigenvalue weighted by Crippen LogP contribution is -2.39. The summed E-state index contributed by atoms with van der Waals surface area (Å²) >= 11 is 0. The van der Waals surface area contributed by atoms with Gasteiger partial charge in [0.2, 0.25) is 0 Å². The van der Waals surface area contributed by atoms with Crippen molar-refractivity contribution in [2.45, 2.75) is 25.9 Å². The molecule has 222 valence electrons. The van der Waals surface area contributed by atoms with E-state index >= 15 is 0 Å². The van der Waals surface area contributed by atoms with E-state index in [9.17, 15) is 9.59 Å². The minimum absolute atomic E-state index is 0.197. The lowest BCUT2D eigenvalue weighted by atomic mass is 10.1. The van der Waals surface area contributed by atoms with E-state index < -0.39 is 0 Å². The fourth-order valence-corrected chi connectivity index (χ4v) is 5.61. The second-order valence-electron chi connectivity index (χ2n) is 11.6. The maximum atomic E-state index is 13.1. The SMILES string of the molecule is CN1CCCN2CCN(C)CCCN(CC1)Cc1cccc(c1)NC(=O)c1cccc(n1)C(=O)Nc1cccc(c1)C2. The topological polar surface area (TPSA) is 84.1 Å². The van der Waals surface area contributed by atoms with Gasteiger partial charge in [0.25, 0.3) is 11.8 Å². The highest BCUT2D eigenvalue weighted by Gasteiger charge is 2.16. The Morgan fingerprint density at radius 2 is 1.02 bits per heavy atom. The molecule has 0 saturated carbocycles. The van der Waals surface area contributed by atoms with Gasteiger partial charge in [0.1, 0.15) is 11.4 Å². The summed E-state index contributed by atoms with van der Waals surface area (Å²) in [5, 5.41) is 5.95. The van der Waals surface area contributed by atoms with Gasteiger partial charge in [-0.05, 0) is 101 Å². The Hall–Kier alpha value is -3.63. The third-order valence-corrected chi connectivity index (χ3v) is 8.02. The Bertz CT molecular complexity index is 1260. The van der Waals surface area contributed by atoms with Crippen molar-refractivity contribution in [1.29, 1.82) is 0 Å². The largest absolute Gasteiger partial charge is 0.321 e. The molecular formula is C33H43N7O2. The summed E-state index contributed by atoms with van der Waals surface area (Å²) in [6.45, 7) is 9.77. The van der Waals surface area contributed by atoms with Gasteiger partial charge in [0, 0.05) is 50.6 Å². The number of hydrogen-bond acceptors (Lipinski definition) is 7. The summed E-state index contributed by atoms with van der Waals surface area (Å²) in [5.41, 5.74) is 4.13. The Morgan fingerprint density at radius 3 is 1.50 bits per heavy atom. The van der Waals surface area contributed by atoms with Crippen LogP contribution in [-0.4, -0.2) is 103 Å². The second kappa shape index (κ2) is 14.5. The van der Waals surface area contributed by atoms with Crippen LogP contribution in [0.5, 0.6) is 0 Å². The first-order valence-electron chi connectivity index (χ1n) is 15.0. The zero-order valence-electron chi connectivity index (χ0n) is 24.9. The molecule has 1 fully saturated rings. The summed E-state index contributed by atoms with van der Waals surface area (Å²) < 4.78 is 0. The molecule has 1 aromatic heterocycles. The molecule has 2 N–H and O–H groups in total. The number of carbonyl (C=O) groups is 2. The van der Waals surface area contributed by atoms with E-state index in [1.165, 1.54) is 0 Å². The third kappa shape index (κ3) is 8.69. The van der Waals surface area contributed by atoms with Gasteiger partial charge >= 0.3 is 0 Å². The van der Waals surface area contributed by atoms with Gasteiger partial charge in [0.05, 0.1) is 0 Å². The predicted octanol–water partition coefficient (Wildman–Crippen LogP) is 3.86. The van der Waals surface area contributed by atoms with Crippen LogP contribution in [0.15, 0.2) is 66.7 Å². The molecule has 6 rings (SSSR count). The molecule has 3 aromatic rings. The Morgan fingerprint density at radius 1 is 0.571 bits per heavy atom. The van der Waals surface area contributed by atoms with Gasteiger partial charge in [-0.2, -0.15) is 0 Å². The number of likely N-dealkylation sites (N-methyl/N-ethyl adjacent to an activating group) is 2. The maximum Gasteiger partial charge on any atom is 0.274 e. The van der Waals surface area contributed by atoms with Crippen LogP contribution in [0.25, 0.3) is 0 Å². The normalized spacial score (nSPS) is 22.1. The van der Waals surface area contributed by atoms with Crippen molar-refractivity contribution in [2.75, 3.05) is 77.1 Å². The van der Waals surface area contributed by atoms with Crippen LogP contribution >= 0.6 is 0 Å². The van der Waals surface area contributed by atoms with Crippen molar-refractivity contribution in [3.8, 4) is 0 Å². The van der Waals surface area contributed by atoms with Gasteiger partial charge in [-0.3, -0.25) is 19.4 Å². The van der Waals surface area contributed by atoms with Gasteiger partial charge in [-0.15, -0.1) is 0 Å². The molecule has 2 unspecified atom stereocenters. The van der Waals surface area contributed by atoms with Gasteiger partial charge in [-0.25, -0.2) is 4.98 Å². The number of nitrogens with one attached hydrogen (secondary N) is 2. The molecule has 3 aliphatic heterocycles. The van der Waals surface area contributed by atoms with E-state index in [4.69, 9.17) is 0 Å². The molecule has 3 aliphatic rings. The lowest BCUT2D eigenvalue weighted by Gasteiger charge is -2.30. The predicted molar refractivity (Wildman–Crippen MR) is 168 cm³/mol. The van der Waals surface area contributed by atoms with Crippen molar-refractivity contribution in [2.24, 2.45) is 0 Å². The number of fused-ring (bicyclic) bond motifs is 12. The number of benzene rings is 2. The summed E-state index contributed by atoms with van der Waals surface area (Å²) in [7, 11) is 4.43. The van der Waals surface area contributed by atoms with Crippen molar-refractivity contribution in [3.05, 3.63) is 89.2 Å². The minimum Gasteiger partial charge on any atom is -0.321 e. The van der Waals surface area contributed by atoms with E-state index in [0.29, 0.717) is 11.4 Å². The molecule has 2 aromatic carbocycles. The highest BCUT2D eigenvalue weighted by Crippen LogP contribution is 2.17. The minimum atomic E-state index is -0.345. The smallest absolute Gasteiger partial charge is 0.274 e. The van der Waals surface area contributed by atoms with Crippen molar-refractivity contribution in [1.82, 2.24) is 24.6 Å². The van der Waals surface area contributed by atoms with E-state index in [1.54, 1.807) is 18.2 Å². The van der Waals surface area contributed by atoms with Crippen LogP contribution in [0.4, 0.5) is 11.4 Å². The van der Waals surface area contributed by atoms with E-state index in [-0.39, 0.29) is 23.2 Å². The van der Waals surface area contributed by atoms with Crippen LogP contribution in [0.1, 0.15) is 44.9 Å². The first-order chi connectivity index (χ1) is 20.4. The van der Waals surface area contributed by atoms with Crippen molar-refractivity contribution in [3.63, 3.8) is 0 Å². The number of amides is 2. The fraction of sp³-hybridized carbons (Fsp3) is 0.424. The third-order valence-electron chi connectivity index (χ3n) is 8.02. The number of rotatable bonds is 0. The highest BCUT2D eigenvalue weighted by molar-refractivity contribution is 6.06. The zero-order chi connectivity index (χ0) is 29.3. The first-order valence-corrected chi connectivity index (χ1v) is 15.0. The molecule has 42 heavy (non-hydrogen) atoms. The highest BCUT2D eigenvalue weighted by atomic mass is 16.2. The number of aromatic nitrogens is 1. The van der Waals surface area contributed by atoms with Gasteiger partial charge in [-0.1, -0.05) is 30.3 Å². The molecule has 9 heteroatoms. The van der Waals surface area contributed by atoms with Crippen LogP contribution < -0.4 is 10.6 Å². The maximum absolute atomic E-state index is 13.1. The Balaban J connectivity index is 1.46. The standard InChI is InChI=1S/C33H43N7O2/c1-37-14-6-16-40-21-19-38(2)15-7-17-39(20-18-37)24-26-8-3-10-28(22-26)34-32(41)30-12-5-13-31(36-30)33(42)35-29-11-4-9-27(23-29)25-40/h3-5,8-13,22-23H,6-7,14-21,24-25H2,1-2H3,(H,34,41)(H,35,42). The first kappa shape index (κ1) is 29.8. The zero-order valence-corrected chi connectivity index (χ0v) is 24.9. The van der Waals surface area contributed by atoms with Crippen molar-refractivity contribution < 1.29 is 9.59 Å². The summed E-state index contributed by atoms with van der Waals surface area (Å²) in [6, 6.07) is 21.0. The number of pyridine rings is 1. The van der Waals surface area contributed by atoms with Crippen LogP contribution in [-0.2, 0) is 13.1 Å². The van der Waals surface area contributed by atoms with E-state index in [0.717, 1.165) is 89.4 Å². The quantitative estimate of drug-likeness (QED) is 0.425. The average Bonchev–Trinajstić information content (AvgIpc) is 2.98. The number of carbonyl (C=O) groups excluding carboxylic acids is 2. The Kier molecular flexibility index (Phi) is 10.3. The number of hydrogen-bond donors (Lipinski definition) is 2. The monoisotopic (exact) mass is 569 g/mol. The molecular weight excluding hydrogens is 526 g/mol. The van der Waals surface area contributed by atoms with Crippen LogP contribution in [0.2, 0.25) is 0 Å². The summed E-state index contributed by atoms with van der Waals surface area (Å²) in [6.07, 6.45) is 2.20.